The summed E-state index contributed by atoms with van der Waals surface area (Å²) in [5, 5.41) is 17.0. The summed E-state index contributed by atoms with van der Waals surface area (Å²) in [4.78, 5) is 85.7. The molecule has 63 heavy (non-hydrogen) atoms. The molecule has 20 heteroatoms. The lowest BCUT2D eigenvalue weighted by molar-refractivity contribution is -0.179. The van der Waals surface area contributed by atoms with Crippen LogP contribution in [0.15, 0.2) is 98.4 Å². The number of benzene rings is 2. The molecule has 5 rings (SSSR count). The van der Waals surface area contributed by atoms with Crippen LogP contribution in [0.4, 0.5) is 9.93 Å². The number of aliphatic imine (C=N–C) groups is 1. The van der Waals surface area contributed by atoms with Crippen molar-refractivity contribution in [3.05, 3.63) is 111 Å². The minimum absolute atomic E-state index is 0.0157. The van der Waals surface area contributed by atoms with Crippen LogP contribution in [0, 0.1) is 5.53 Å². The lowest BCUT2D eigenvalue weighted by Crippen LogP contribution is -2.70. The van der Waals surface area contributed by atoms with Gasteiger partial charge in [-0.05, 0) is 66.5 Å². The number of anilines is 1. The molecule has 0 spiro atoms. The van der Waals surface area contributed by atoms with Crippen molar-refractivity contribution < 1.29 is 43.1 Å². The molecule has 1 fully saturated rings. The summed E-state index contributed by atoms with van der Waals surface area (Å²) < 4.78 is 17.9. The fourth-order valence-electron chi connectivity index (χ4n) is 5.46. The SMILES string of the molecule is CC(C)(C)OC(=O)Nc1nc(C(=NOC(C)(C)C(=O)OC(C)(C)C)C(=O)NC2C(=O)NC2CN=CC(N=N)c2cc(=O)c(OCc3ccccc3)cn2OCc2ccccc2)cs1. The zero-order valence-corrected chi connectivity index (χ0v) is 37.0. The van der Waals surface area contributed by atoms with Crippen molar-refractivity contribution >= 4 is 52.3 Å². The average molecular weight is 886 g/mol. The molecule has 3 unspecified atom stereocenters. The number of oxime groups is 1. The maximum Gasteiger partial charge on any atom is 0.413 e. The summed E-state index contributed by atoms with van der Waals surface area (Å²) in [6.07, 6.45) is 1.94. The summed E-state index contributed by atoms with van der Waals surface area (Å²) in [5.74, 6) is -2.17. The van der Waals surface area contributed by atoms with Gasteiger partial charge in [0.25, 0.3) is 5.91 Å². The number of hydrogen-bond donors (Lipinski definition) is 4. The van der Waals surface area contributed by atoms with E-state index < -0.39 is 69.9 Å². The molecular weight excluding hydrogens is 835 g/mol. The second kappa shape index (κ2) is 20.3. The van der Waals surface area contributed by atoms with Gasteiger partial charge in [-0.3, -0.25) is 24.7 Å². The average Bonchev–Trinajstić information content (AvgIpc) is 3.67. The van der Waals surface area contributed by atoms with Crippen LogP contribution in [0.5, 0.6) is 5.75 Å². The molecular formula is C43H51N9O10S. The minimum Gasteiger partial charge on any atom is -0.483 e. The van der Waals surface area contributed by atoms with E-state index in [4.69, 9.17) is 29.4 Å². The second-order valence-electron chi connectivity index (χ2n) is 16.6. The molecule has 0 radical (unpaired) electrons. The Hall–Kier alpha value is -6.96. The molecule has 3 atom stereocenters. The molecule has 334 valence electrons. The van der Waals surface area contributed by atoms with E-state index in [9.17, 15) is 24.0 Å². The Labute approximate surface area is 367 Å². The van der Waals surface area contributed by atoms with Gasteiger partial charge in [0.15, 0.2) is 16.6 Å². The third kappa shape index (κ3) is 13.8. The molecule has 0 bridgehead atoms. The highest BCUT2D eigenvalue weighted by atomic mass is 32.1. The summed E-state index contributed by atoms with van der Waals surface area (Å²) in [6, 6.07) is 17.0. The number of nitrogens with zero attached hydrogens (tertiary/aromatic N) is 5. The maximum absolute atomic E-state index is 13.9. The van der Waals surface area contributed by atoms with Crippen LogP contribution in [-0.4, -0.2) is 80.9 Å². The Morgan fingerprint density at radius 3 is 2.17 bits per heavy atom. The number of hydrogen-bond acceptors (Lipinski definition) is 16. The van der Waals surface area contributed by atoms with Crippen molar-refractivity contribution in [2.75, 3.05) is 11.9 Å². The van der Waals surface area contributed by atoms with Gasteiger partial charge in [-0.2, -0.15) is 9.84 Å². The predicted octanol–water partition coefficient (Wildman–Crippen LogP) is 5.53. The molecule has 3 heterocycles. The molecule has 0 aliphatic carbocycles. The van der Waals surface area contributed by atoms with E-state index in [1.807, 2.05) is 60.7 Å². The summed E-state index contributed by atoms with van der Waals surface area (Å²) in [7, 11) is 0. The van der Waals surface area contributed by atoms with Gasteiger partial charge >= 0.3 is 12.1 Å². The standard InChI is InChI=1S/C43H51N9O10S/c1-41(2,3)60-38(56)43(7,8)62-51-35(30-25-63-39(47-30)49-40(57)61-42(4,5)6)37(55)48-34-29(46-36(34)54)21-45-20-28(50-44)31-19-32(53)33(58-23-26-15-11-9-12-16-26)22-52(31)59-24-27-17-13-10-14-18-27/h9-20,22,25,28-29,34,44H,21,23-24H2,1-8H3,(H,46,54)(H,48,55)(H,47,49,57). The van der Waals surface area contributed by atoms with Crippen LogP contribution >= 0.6 is 11.3 Å². The largest absolute Gasteiger partial charge is 0.483 e. The molecule has 4 aromatic rings. The molecule has 0 saturated carbocycles. The van der Waals surface area contributed by atoms with E-state index in [0.717, 1.165) is 22.5 Å². The van der Waals surface area contributed by atoms with E-state index in [0.29, 0.717) is 0 Å². The van der Waals surface area contributed by atoms with Crippen LogP contribution in [0.1, 0.15) is 83.9 Å². The molecule has 2 aromatic carbocycles. The van der Waals surface area contributed by atoms with Gasteiger partial charge in [0.1, 0.15) is 42.2 Å². The van der Waals surface area contributed by atoms with Crippen molar-refractivity contribution in [1.29, 1.82) is 5.53 Å². The van der Waals surface area contributed by atoms with E-state index in [1.165, 1.54) is 42.4 Å². The lowest BCUT2D eigenvalue weighted by atomic mass is 9.98. The number of aromatic nitrogens is 2. The van der Waals surface area contributed by atoms with Crippen LogP contribution in [0.25, 0.3) is 0 Å². The normalized spacial score (nSPS) is 15.9. The number of pyridine rings is 1. The first-order chi connectivity index (χ1) is 29.7. The van der Waals surface area contributed by atoms with Crippen LogP contribution in [-0.2, 0) is 41.9 Å². The number of esters is 1. The predicted molar refractivity (Wildman–Crippen MR) is 233 cm³/mol. The Kier molecular flexibility index (Phi) is 15.2. The van der Waals surface area contributed by atoms with Gasteiger partial charge in [-0.25, -0.2) is 20.1 Å². The molecule has 1 saturated heterocycles. The van der Waals surface area contributed by atoms with Crippen molar-refractivity contribution in [2.24, 2.45) is 15.3 Å². The quantitative estimate of drug-likeness (QED) is 0.0318. The molecule has 2 aromatic heterocycles. The number of nitrogens with one attached hydrogen (secondary N) is 4. The minimum atomic E-state index is -1.66. The van der Waals surface area contributed by atoms with Crippen molar-refractivity contribution in [2.45, 2.75) is 104 Å². The zero-order chi connectivity index (χ0) is 46.0. The number of ether oxygens (including phenoxy) is 3. The van der Waals surface area contributed by atoms with Gasteiger partial charge in [-0.1, -0.05) is 65.8 Å². The first kappa shape index (κ1) is 47.1. The van der Waals surface area contributed by atoms with Crippen molar-refractivity contribution in [3.63, 3.8) is 0 Å². The first-order valence-corrected chi connectivity index (χ1v) is 20.6. The van der Waals surface area contributed by atoms with Gasteiger partial charge < -0.3 is 34.5 Å². The summed E-state index contributed by atoms with van der Waals surface area (Å²) >= 11 is 0.966. The highest BCUT2D eigenvalue weighted by Gasteiger charge is 2.42. The van der Waals surface area contributed by atoms with Crippen LogP contribution < -0.4 is 31.0 Å². The number of thiazole rings is 1. The Bertz CT molecular complexity index is 2390. The van der Waals surface area contributed by atoms with Gasteiger partial charge in [0, 0.05) is 17.7 Å². The highest BCUT2D eigenvalue weighted by Crippen LogP contribution is 2.23. The van der Waals surface area contributed by atoms with Crippen LogP contribution in [0.3, 0.4) is 0 Å². The monoisotopic (exact) mass is 885 g/mol. The molecule has 3 amide bonds. The topological polar surface area (TPSA) is 246 Å². The third-order valence-corrected chi connectivity index (χ3v) is 9.33. The van der Waals surface area contributed by atoms with Crippen molar-refractivity contribution in [3.8, 4) is 5.75 Å². The molecule has 1 aliphatic heterocycles. The Morgan fingerprint density at radius 1 is 0.937 bits per heavy atom. The van der Waals surface area contributed by atoms with E-state index >= 15 is 0 Å². The first-order valence-electron chi connectivity index (χ1n) is 19.7. The Balaban J connectivity index is 1.33. The second-order valence-corrected chi connectivity index (χ2v) is 17.5. The molecule has 4 N–H and O–H groups in total. The number of carbonyl (C=O) groups is 4. The fraction of sp³-hybridized carbons (Fsp3) is 0.395. The van der Waals surface area contributed by atoms with E-state index in [1.54, 1.807) is 41.5 Å². The lowest BCUT2D eigenvalue weighted by Gasteiger charge is -2.36. The van der Waals surface area contributed by atoms with E-state index in [-0.39, 0.29) is 42.0 Å². The number of β-lactam (4-membered cyclic amide) rings is 1. The third-order valence-electron chi connectivity index (χ3n) is 8.58. The number of amides is 3. The smallest absolute Gasteiger partial charge is 0.413 e. The van der Waals surface area contributed by atoms with Crippen molar-refractivity contribution in [1.82, 2.24) is 20.3 Å². The Morgan fingerprint density at radius 2 is 1.57 bits per heavy atom. The molecule has 19 nitrogen and oxygen atoms in total. The zero-order valence-electron chi connectivity index (χ0n) is 36.2. The van der Waals surface area contributed by atoms with Gasteiger partial charge in [0.05, 0.1) is 24.5 Å². The van der Waals surface area contributed by atoms with Crippen LogP contribution in [0.2, 0.25) is 0 Å². The number of carbonyl (C=O) groups excluding carboxylic acids is 4. The van der Waals surface area contributed by atoms with Gasteiger partial charge in [0.2, 0.25) is 16.9 Å². The van der Waals surface area contributed by atoms with E-state index in [2.05, 4.69) is 36.2 Å². The van der Waals surface area contributed by atoms with Gasteiger partial charge in [-0.15, -0.1) is 11.3 Å². The fourth-order valence-corrected chi connectivity index (χ4v) is 6.14. The maximum atomic E-state index is 13.9. The summed E-state index contributed by atoms with van der Waals surface area (Å²) in [6.45, 7) is 13.1. The number of rotatable bonds is 18. The summed E-state index contributed by atoms with van der Waals surface area (Å²) in [5.41, 5.74) is 5.64. The highest BCUT2D eigenvalue weighted by molar-refractivity contribution is 7.14. The molecule has 1 aliphatic rings.